The second-order valence-electron chi connectivity index (χ2n) is 2.61. The van der Waals surface area contributed by atoms with Gasteiger partial charge in [-0.25, -0.2) is 9.97 Å². The lowest BCUT2D eigenvalue weighted by atomic mass is 10.3. The van der Waals surface area contributed by atoms with Crippen molar-refractivity contribution in [3.8, 4) is 11.5 Å². The molecular weight excluding hydrogens is 246 g/mol. The van der Waals surface area contributed by atoms with Crippen molar-refractivity contribution in [2.24, 2.45) is 0 Å². The Kier molecular flexibility index (Phi) is 2.49. The van der Waals surface area contributed by atoms with Crippen LogP contribution in [-0.4, -0.2) is 17.0 Å². The third-order valence-corrected chi connectivity index (χ3v) is 2.35. The van der Waals surface area contributed by atoms with Crippen LogP contribution in [0.2, 0.25) is 0 Å². The molecule has 0 aliphatic rings. The molecule has 0 spiro atoms. The summed E-state index contributed by atoms with van der Waals surface area (Å²) >= 11 is 3.37. The highest BCUT2D eigenvalue weighted by Crippen LogP contribution is 2.27. The molecule has 4 nitrogen and oxygen atoms in total. The molecule has 0 unspecified atom stereocenters. The Balaban J connectivity index is 2.47. The predicted molar refractivity (Wildman–Crippen MR) is 57.0 cm³/mol. The highest BCUT2D eigenvalue weighted by molar-refractivity contribution is 9.10. The summed E-state index contributed by atoms with van der Waals surface area (Å²) in [7, 11) is 1.77. The van der Waals surface area contributed by atoms with Gasteiger partial charge in [0.25, 0.3) is 0 Å². The Labute approximate surface area is 89.5 Å². The van der Waals surface area contributed by atoms with E-state index in [1.54, 1.807) is 25.6 Å². The zero-order chi connectivity index (χ0) is 9.97. The molecule has 2 heterocycles. The first-order chi connectivity index (χ1) is 6.81. The van der Waals surface area contributed by atoms with Crippen molar-refractivity contribution in [1.82, 2.24) is 9.97 Å². The van der Waals surface area contributed by atoms with Crippen LogP contribution in [0.5, 0.6) is 0 Å². The number of nitrogens with zero attached hydrogens (tertiary/aromatic N) is 2. The number of anilines is 1. The number of aromatic nitrogens is 2. The Morgan fingerprint density at radius 1 is 1.43 bits per heavy atom. The molecule has 0 bridgehead atoms. The van der Waals surface area contributed by atoms with Gasteiger partial charge in [0.15, 0.2) is 5.76 Å². The van der Waals surface area contributed by atoms with Crippen molar-refractivity contribution in [2.45, 2.75) is 0 Å². The first-order valence-electron chi connectivity index (χ1n) is 4.05. The first-order valence-corrected chi connectivity index (χ1v) is 4.84. The summed E-state index contributed by atoms with van der Waals surface area (Å²) in [6, 6.07) is 3.63. The summed E-state index contributed by atoms with van der Waals surface area (Å²) in [6.07, 6.45) is 3.30. The molecule has 0 saturated carbocycles. The quantitative estimate of drug-likeness (QED) is 0.894. The molecule has 2 aromatic heterocycles. The predicted octanol–water partition coefficient (Wildman–Crippen LogP) is 2.54. The molecular formula is C9H8BrN3O. The molecule has 0 atom stereocenters. The number of hydrogen-bond acceptors (Lipinski definition) is 4. The largest absolute Gasteiger partial charge is 0.461 e. The van der Waals surface area contributed by atoms with Crippen LogP contribution in [0.1, 0.15) is 0 Å². The Bertz CT molecular complexity index is 441. The van der Waals surface area contributed by atoms with Crippen LogP contribution < -0.4 is 5.32 Å². The summed E-state index contributed by atoms with van der Waals surface area (Å²) < 4.78 is 6.17. The topological polar surface area (TPSA) is 51.0 Å². The fourth-order valence-corrected chi connectivity index (χ4v) is 1.49. The van der Waals surface area contributed by atoms with Gasteiger partial charge in [0.1, 0.15) is 5.69 Å². The standard InChI is InChI=1S/C9H8BrN3O/c1-11-9-12-4-2-7(13-9)8-6(10)3-5-14-8/h2-5H,1H3,(H,11,12,13). The highest BCUT2D eigenvalue weighted by Gasteiger charge is 2.08. The summed E-state index contributed by atoms with van der Waals surface area (Å²) in [5, 5.41) is 2.87. The van der Waals surface area contributed by atoms with Crippen molar-refractivity contribution in [1.29, 1.82) is 0 Å². The molecule has 14 heavy (non-hydrogen) atoms. The van der Waals surface area contributed by atoms with E-state index >= 15 is 0 Å². The van der Waals surface area contributed by atoms with Crippen LogP contribution in [0.25, 0.3) is 11.5 Å². The minimum Gasteiger partial charge on any atom is -0.461 e. The third kappa shape index (κ3) is 1.63. The molecule has 72 valence electrons. The van der Waals surface area contributed by atoms with E-state index in [2.05, 4.69) is 31.2 Å². The molecule has 2 aromatic rings. The molecule has 2 rings (SSSR count). The zero-order valence-corrected chi connectivity index (χ0v) is 9.08. The minimum atomic E-state index is 0.575. The zero-order valence-electron chi connectivity index (χ0n) is 7.49. The molecule has 0 aliphatic heterocycles. The summed E-state index contributed by atoms with van der Waals surface area (Å²) in [5.41, 5.74) is 0.751. The lowest BCUT2D eigenvalue weighted by Gasteiger charge is -2.00. The first kappa shape index (κ1) is 9.21. The van der Waals surface area contributed by atoms with Crippen LogP contribution in [0.3, 0.4) is 0 Å². The number of furan rings is 1. The van der Waals surface area contributed by atoms with Crippen LogP contribution in [0.15, 0.2) is 33.5 Å². The SMILES string of the molecule is CNc1nccc(-c2occc2Br)n1. The van der Waals surface area contributed by atoms with Crippen LogP contribution in [0.4, 0.5) is 5.95 Å². The van der Waals surface area contributed by atoms with Gasteiger partial charge in [-0.15, -0.1) is 0 Å². The normalized spacial score (nSPS) is 10.1. The average Bonchev–Trinajstić information content (AvgIpc) is 2.65. The van der Waals surface area contributed by atoms with Crippen molar-refractivity contribution in [3.63, 3.8) is 0 Å². The van der Waals surface area contributed by atoms with Crippen molar-refractivity contribution in [3.05, 3.63) is 29.1 Å². The minimum absolute atomic E-state index is 0.575. The Morgan fingerprint density at radius 2 is 2.29 bits per heavy atom. The maximum Gasteiger partial charge on any atom is 0.223 e. The maximum atomic E-state index is 5.28. The van der Waals surface area contributed by atoms with Gasteiger partial charge in [0.05, 0.1) is 10.7 Å². The lowest BCUT2D eigenvalue weighted by molar-refractivity contribution is 0.579. The van der Waals surface area contributed by atoms with E-state index in [0.717, 1.165) is 10.2 Å². The van der Waals surface area contributed by atoms with E-state index in [4.69, 9.17) is 4.42 Å². The fraction of sp³-hybridized carbons (Fsp3) is 0.111. The Morgan fingerprint density at radius 3 is 2.93 bits per heavy atom. The van der Waals surface area contributed by atoms with E-state index in [0.29, 0.717) is 11.7 Å². The second kappa shape index (κ2) is 3.79. The highest BCUT2D eigenvalue weighted by atomic mass is 79.9. The monoisotopic (exact) mass is 253 g/mol. The van der Waals surface area contributed by atoms with E-state index in [1.807, 2.05) is 6.07 Å². The molecule has 0 amide bonds. The summed E-state index contributed by atoms with van der Waals surface area (Å²) in [6.45, 7) is 0. The van der Waals surface area contributed by atoms with Gasteiger partial charge in [-0.2, -0.15) is 0 Å². The molecule has 0 fully saturated rings. The number of rotatable bonds is 2. The maximum absolute atomic E-state index is 5.28. The number of nitrogens with one attached hydrogen (secondary N) is 1. The molecule has 0 aliphatic carbocycles. The van der Waals surface area contributed by atoms with Gasteiger partial charge in [-0.1, -0.05) is 0 Å². The van der Waals surface area contributed by atoms with Crippen molar-refractivity contribution >= 4 is 21.9 Å². The van der Waals surface area contributed by atoms with E-state index in [9.17, 15) is 0 Å². The van der Waals surface area contributed by atoms with Gasteiger partial charge >= 0.3 is 0 Å². The third-order valence-electron chi connectivity index (χ3n) is 1.73. The van der Waals surface area contributed by atoms with Crippen LogP contribution in [-0.2, 0) is 0 Å². The van der Waals surface area contributed by atoms with Gasteiger partial charge in [0, 0.05) is 13.2 Å². The van der Waals surface area contributed by atoms with Gasteiger partial charge in [-0.3, -0.25) is 0 Å². The number of hydrogen-bond donors (Lipinski definition) is 1. The summed E-state index contributed by atoms with van der Waals surface area (Å²) in [4.78, 5) is 8.27. The average molecular weight is 254 g/mol. The molecule has 0 aromatic carbocycles. The lowest BCUT2D eigenvalue weighted by Crippen LogP contribution is -1.96. The number of halogens is 1. The van der Waals surface area contributed by atoms with E-state index < -0.39 is 0 Å². The van der Waals surface area contributed by atoms with Crippen LogP contribution >= 0.6 is 15.9 Å². The Hall–Kier alpha value is -1.36. The van der Waals surface area contributed by atoms with Crippen LogP contribution in [0, 0.1) is 0 Å². The summed E-state index contributed by atoms with van der Waals surface area (Å²) in [5.74, 6) is 1.29. The van der Waals surface area contributed by atoms with Crippen molar-refractivity contribution in [2.75, 3.05) is 12.4 Å². The molecule has 0 saturated heterocycles. The molecule has 0 radical (unpaired) electrons. The van der Waals surface area contributed by atoms with E-state index in [-0.39, 0.29) is 0 Å². The van der Waals surface area contributed by atoms with E-state index in [1.165, 1.54) is 0 Å². The smallest absolute Gasteiger partial charge is 0.223 e. The van der Waals surface area contributed by atoms with Crippen molar-refractivity contribution < 1.29 is 4.42 Å². The molecule has 5 heteroatoms. The van der Waals surface area contributed by atoms with Gasteiger partial charge < -0.3 is 9.73 Å². The molecule has 1 N–H and O–H groups in total. The van der Waals surface area contributed by atoms with Gasteiger partial charge in [-0.05, 0) is 28.1 Å². The van der Waals surface area contributed by atoms with Gasteiger partial charge in [0.2, 0.25) is 5.95 Å². The second-order valence-corrected chi connectivity index (χ2v) is 3.47. The fourth-order valence-electron chi connectivity index (χ4n) is 1.08.